The Bertz CT molecular complexity index is 941. The van der Waals surface area contributed by atoms with Gasteiger partial charge in [0.15, 0.2) is 0 Å². The second-order valence-corrected chi connectivity index (χ2v) is 8.22. The van der Waals surface area contributed by atoms with Gasteiger partial charge in [0.2, 0.25) is 11.8 Å². The van der Waals surface area contributed by atoms with Gasteiger partial charge in [-0.05, 0) is 79.6 Å². The topological polar surface area (TPSA) is 63.7 Å². The Morgan fingerprint density at radius 3 is 2.04 bits per heavy atom. The van der Waals surface area contributed by atoms with Gasteiger partial charge in [0.05, 0.1) is 23.1 Å². The van der Waals surface area contributed by atoms with E-state index in [2.05, 4.69) is 0 Å². The first kappa shape index (κ1) is 17.4. The third-order valence-corrected chi connectivity index (χ3v) is 6.56. The van der Waals surface area contributed by atoms with Crippen molar-refractivity contribution in [3.63, 3.8) is 0 Å². The van der Waals surface area contributed by atoms with Crippen LogP contribution in [0.25, 0.3) is 0 Å². The van der Waals surface area contributed by atoms with Gasteiger partial charge in [0.25, 0.3) is 0 Å². The molecule has 2 aromatic carbocycles. The number of imide groups is 1. The van der Waals surface area contributed by atoms with Gasteiger partial charge in [-0.15, -0.1) is 0 Å². The summed E-state index contributed by atoms with van der Waals surface area (Å²) in [4.78, 5) is 39.3. The molecule has 3 fully saturated rings. The number of rotatable bonds is 3. The third kappa shape index (κ3) is 2.65. The Labute approximate surface area is 167 Å². The molecule has 5 nitrogen and oxygen atoms in total. The zero-order valence-electron chi connectivity index (χ0n) is 15.0. The first-order valence-electron chi connectivity index (χ1n) is 9.48. The van der Waals surface area contributed by atoms with Gasteiger partial charge in [-0.25, -0.2) is 4.79 Å². The molecular formula is C22H18ClNO4. The van der Waals surface area contributed by atoms with Crippen LogP contribution in [0.2, 0.25) is 5.02 Å². The Balaban J connectivity index is 1.33. The van der Waals surface area contributed by atoms with E-state index in [0.717, 1.165) is 19.3 Å². The van der Waals surface area contributed by atoms with Crippen molar-refractivity contribution in [3.8, 4) is 5.75 Å². The molecule has 0 radical (unpaired) electrons. The summed E-state index contributed by atoms with van der Waals surface area (Å²) in [5.74, 6) is 0.127. The molecule has 1 saturated heterocycles. The van der Waals surface area contributed by atoms with Crippen LogP contribution >= 0.6 is 11.6 Å². The number of halogens is 1. The summed E-state index contributed by atoms with van der Waals surface area (Å²) < 4.78 is 5.36. The molecule has 2 aromatic rings. The molecule has 2 aliphatic carbocycles. The molecule has 0 N–H and O–H groups in total. The zero-order valence-corrected chi connectivity index (χ0v) is 15.8. The van der Waals surface area contributed by atoms with Crippen molar-refractivity contribution in [2.24, 2.45) is 23.7 Å². The summed E-state index contributed by atoms with van der Waals surface area (Å²) in [6.45, 7) is 0. The van der Waals surface area contributed by atoms with Gasteiger partial charge >= 0.3 is 5.97 Å². The number of esters is 1. The highest BCUT2D eigenvalue weighted by atomic mass is 35.5. The van der Waals surface area contributed by atoms with E-state index in [9.17, 15) is 14.4 Å². The van der Waals surface area contributed by atoms with Crippen molar-refractivity contribution < 1.29 is 19.1 Å². The van der Waals surface area contributed by atoms with Crippen LogP contribution in [0.1, 0.15) is 29.6 Å². The van der Waals surface area contributed by atoms with E-state index >= 15 is 0 Å². The van der Waals surface area contributed by atoms with Gasteiger partial charge in [-0.1, -0.05) is 11.6 Å². The monoisotopic (exact) mass is 395 g/mol. The van der Waals surface area contributed by atoms with Gasteiger partial charge in [0.1, 0.15) is 5.75 Å². The van der Waals surface area contributed by atoms with Gasteiger partial charge < -0.3 is 4.74 Å². The van der Waals surface area contributed by atoms with Gasteiger partial charge in [-0.2, -0.15) is 0 Å². The van der Waals surface area contributed by atoms with Crippen molar-refractivity contribution in [2.45, 2.75) is 19.3 Å². The number of hydrogen-bond acceptors (Lipinski definition) is 4. The zero-order chi connectivity index (χ0) is 19.4. The van der Waals surface area contributed by atoms with Crippen LogP contribution < -0.4 is 9.64 Å². The van der Waals surface area contributed by atoms with Crippen LogP contribution in [0.3, 0.4) is 0 Å². The van der Waals surface area contributed by atoms with Crippen LogP contribution in [0, 0.1) is 23.7 Å². The molecule has 5 rings (SSSR count). The minimum absolute atomic E-state index is 0.0758. The highest BCUT2D eigenvalue weighted by Gasteiger charge is 2.61. The van der Waals surface area contributed by atoms with E-state index in [1.54, 1.807) is 48.5 Å². The molecular weight excluding hydrogens is 378 g/mol. The summed E-state index contributed by atoms with van der Waals surface area (Å²) in [5.41, 5.74) is 0.928. The lowest BCUT2D eigenvalue weighted by molar-refractivity contribution is -0.123. The highest BCUT2D eigenvalue weighted by Crippen LogP contribution is 2.56. The number of amides is 2. The maximum Gasteiger partial charge on any atom is 0.343 e. The smallest absolute Gasteiger partial charge is 0.343 e. The Hall–Kier alpha value is -2.66. The molecule has 142 valence electrons. The molecule has 0 aromatic heterocycles. The van der Waals surface area contributed by atoms with E-state index in [1.165, 1.54) is 4.90 Å². The second-order valence-electron chi connectivity index (χ2n) is 7.79. The molecule has 2 amide bonds. The van der Waals surface area contributed by atoms with Crippen LogP contribution in [0.15, 0.2) is 48.5 Å². The largest absolute Gasteiger partial charge is 0.423 e. The molecule has 0 spiro atoms. The molecule has 3 aliphatic rings. The standard InChI is InChI=1S/C22H18ClNO4/c23-15-5-3-12(4-6-15)22(27)28-17-9-7-16(8-10-17)24-20(25)18-13-1-2-14(11-13)19(18)21(24)26/h3-10,13-14,18-19H,1-2,11H2/t13-,14-,18+,19+/m1/s1. The SMILES string of the molecule is O=C(Oc1ccc(N2C(=O)[C@H]3[C@@H]4CC[C@H](C4)[C@@H]3C2=O)cc1)c1ccc(Cl)cc1. The van der Waals surface area contributed by atoms with Gasteiger partial charge in [0, 0.05) is 5.02 Å². The summed E-state index contributed by atoms with van der Waals surface area (Å²) >= 11 is 5.82. The number of fused-ring (bicyclic) bond motifs is 5. The minimum atomic E-state index is -0.496. The number of benzene rings is 2. The average molecular weight is 396 g/mol. The Morgan fingerprint density at radius 1 is 0.893 bits per heavy atom. The molecule has 2 bridgehead atoms. The Kier molecular flexibility index (Phi) is 4.02. The maximum atomic E-state index is 12.9. The molecule has 2 saturated carbocycles. The number of carbonyl (C=O) groups is 3. The lowest BCUT2D eigenvalue weighted by Gasteiger charge is -2.19. The van der Waals surface area contributed by atoms with Crippen LogP contribution in [-0.2, 0) is 9.59 Å². The fourth-order valence-electron chi connectivity index (χ4n) is 5.08. The van der Waals surface area contributed by atoms with Crippen LogP contribution in [-0.4, -0.2) is 17.8 Å². The van der Waals surface area contributed by atoms with Crippen LogP contribution in [0.5, 0.6) is 5.75 Å². The third-order valence-electron chi connectivity index (χ3n) is 6.31. The molecule has 4 atom stereocenters. The minimum Gasteiger partial charge on any atom is -0.423 e. The predicted octanol–water partition coefficient (Wildman–Crippen LogP) is 4.09. The van der Waals surface area contributed by atoms with Crippen molar-refractivity contribution >= 4 is 35.1 Å². The predicted molar refractivity (Wildman–Crippen MR) is 103 cm³/mol. The van der Waals surface area contributed by atoms with E-state index in [0.29, 0.717) is 33.9 Å². The summed E-state index contributed by atoms with van der Waals surface area (Å²) in [7, 11) is 0. The number of anilines is 1. The number of ether oxygens (including phenoxy) is 1. The number of nitrogens with zero attached hydrogens (tertiary/aromatic N) is 1. The van der Waals surface area contributed by atoms with Crippen molar-refractivity contribution in [1.29, 1.82) is 0 Å². The fraction of sp³-hybridized carbons (Fsp3) is 0.318. The van der Waals surface area contributed by atoms with Crippen LogP contribution in [0.4, 0.5) is 5.69 Å². The molecule has 28 heavy (non-hydrogen) atoms. The first-order valence-corrected chi connectivity index (χ1v) is 9.86. The van der Waals surface area contributed by atoms with E-state index in [1.807, 2.05) is 0 Å². The fourth-order valence-corrected chi connectivity index (χ4v) is 5.20. The molecule has 0 unspecified atom stereocenters. The normalized spacial score (nSPS) is 28.0. The van der Waals surface area contributed by atoms with E-state index < -0.39 is 5.97 Å². The second kappa shape index (κ2) is 6.45. The van der Waals surface area contributed by atoms with Crippen molar-refractivity contribution in [1.82, 2.24) is 0 Å². The number of hydrogen-bond donors (Lipinski definition) is 0. The van der Waals surface area contributed by atoms with E-state index in [-0.39, 0.29) is 23.7 Å². The summed E-state index contributed by atoms with van der Waals surface area (Å²) in [6, 6.07) is 12.9. The average Bonchev–Trinajstić information content (AvgIpc) is 3.37. The lowest BCUT2D eigenvalue weighted by Crippen LogP contribution is -2.32. The van der Waals surface area contributed by atoms with Crippen molar-refractivity contribution in [3.05, 3.63) is 59.1 Å². The van der Waals surface area contributed by atoms with Crippen molar-refractivity contribution in [2.75, 3.05) is 4.90 Å². The lowest BCUT2D eigenvalue weighted by atomic mass is 9.81. The number of carbonyl (C=O) groups excluding carboxylic acids is 3. The summed E-state index contributed by atoms with van der Waals surface area (Å²) in [5, 5.41) is 0.541. The molecule has 1 heterocycles. The van der Waals surface area contributed by atoms with Gasteiger partial charge in [-0.3, -0.25) is 14.5 Å². The Morgan fingerprint density at radius 2 is 1.46 bits per heavy atom. The maximum absolute atomic E-state index is 12.9. The first-order chi connectivity index (χ1) is 13.5. The summed E-state index contributed by atoms with van der Waals surface area (Å²) in [6.07, 6.45) is 3.12. The quantitative estimate of drug-likeness (QED) is 0.446. The molecule has 1 aliphatic heterocycles. The van der Waals surface area contributed by atoms with E-state index in [4.69, 9.17) is 16.3 Å². The highest BCUT2D eigenvalue weighted by molar-refractivity contribution is 6.30. The molecule has 6 heteroatoms.